The molecule has 68 valence electrons. The SMILES string of the molecule is Cc1[nH]c(=O)c2c(ccn2C)c1C. The standard InChI is InChI=1S/C10H12N2O/c1-6-7(2)11-10(13)9-8(6)4-5-12(9)3/h4-5H,1-3H3,(H,11,13). The summed E-state index contributed by atoms with van der Waals surface area (Å²) < 4.78 is 1.85. The summed E-state index contributed by atoms with van der Waals surface area (Å²) in [6.07, 6.45) is 1.91. The van der Waals surface area contributed by atoms with E-state index in [0.29, 0.717) is 0 Å². The molecule has 0 bridgehead atoms. The Bertz CT molecular complexity index is 519. The third-order valence-electron chi connectivity index (χ3n) is 2.56. The van der Waals surface area contributed by atoms with E-state index in [0.717, 1.165) is 22.2 Å². The van der Waals surface area contributed by atoms with Gasteiger partial charge in [0.25, 0.3) is 5.56 Å². The van der Waals surface area contributed by atoms with Crippen molar-refractivity contribution in [1.82, 2.24) is 9.55 Å². The van der Waals surface area contributed by atoms with E-state index >= 15 is 0 Å². The molecule has 0 amide bonds. The topological polar surface area (TPSA) is 37.8 Å². The highest BCUT2D eigenvalue weighted by atomic mass is 16.1. The molecule has 3 heteroatoms. The molecule has 0 aliphatic carbocycles. The van der Waals surface area contributed by atoms with Crippen molar-refractivity contribution in [1.29, 1.82) is 0 Å². The third kappa shape index (κ3) is 1.00. The second-order valence-corrected chi connectivity index (χ2v) is 3.39. The van der Waals surface area contributed by atoms with Crippen LogP contribution < -0.4 is 5.56 Å². The molecule has 1 N–H and O–H groups in total. The fourth-order valence-electron chi connectivity index (χ4n) is 1.64. The zero-order chi connectivity index (χ0) is 9.59. The number of rotatable bonds is 0. The van der Waals surface area contributed by atoms with E-state index in [1.807, 2.05) is 37.7 Å². The fraction of sp³-hybridized carbons (Fsp3) is 0.300. The van der Waals surface area contributed by atoms with Crippen molar-refractivity contribution in [2.24, 2.45) is 7.05 Å². The maximum Gasteiger partial charge on any atom is 0.272 e. The van der Waals surface area contributed by atoms with Crippen molar-refractivity contribution in [3.8, 4) is 0 Å². The van der Waals surface area contributed by atoms with Crippen LogP contribution in [0.5, 0.6) is 0 Å². The molecule has 0 atom stereocenters. The van der Waals surface area contributed by atoms with Crippen LogP contribution in [0.4, 0.5) is 0 Å². The minimum atomic E-state index is -0.00870. The molecule has 0 radical (unpaired) electrons. The molecule has 2 aromatic rings. The summed E-state index contributed by atoms with van der Waals surface area (Å²) in [5, 5.41) is 1.05. The van der Waals surface area contributed by atoms with Gasteiger partial charge in [0.15, 0.2) is 0 Å². The van der Waals surface area contributed by atoms with E-state index in [-0.39, 0.29) is 5.56 Å². The molecule has 2 rings (SSSR count). The van der Waals surface area contributed by atoms with Crippen LogP contribution in [0.25, 0.3) is 10.9 Å². The Hall–Kier alpha value is -1.51. The van der Waals surface area contributed by atoms with Crippen LogP contribution in [0.1, 0.15) is 11.3 Å². The maximum atomic E-state index is 11.6. The molecular weight excluding hydrogens is 164 g/mol. The molecule has 0 fully saturated rings. The van der Waals surface area contributed by atoms with Gasteiger partial charge in [0.1, 0.15) is 5.52 Å². The summed E-state index contributed by atoms with van der Waals surface area (Å²) in [5.74, 6) is 0. The number of aromatic nitrogens is 2. The van der Waals surface area contributed by atoms with Gasteiger partial charge >= 0.3 is 0 Å². The van der Waals surface area contributed by atoms with E-state index in [4.69, 9.17) is 0 Å². The average Bonchev–Trinajstić information content (AvgIpc) is 2.44. The molecule has 0 saturated heterocycles. The van der Waals surface area contributed by atoms with Crippen LogP contribution in [0.15, 0.2) is 17.1 Å². The van der Waals surface area contributed by atoms with Gasteiger partial charge < -0.3 is 9.55 Å². The lowest BCUT2D eigenvalue weighted by molar-refractivity contribution is 0.953. The van der Waals surface area contributed by atoms with E-state index in [1.165, 1.54) is 0 Å². The second kappa shape index (κ2) is 2.49. The Balaban J connectivity index is 3.08. The Morgan fingerprint density at radius 2 is 2.08 bits per heavy atom. The van der Waals surface area contributed by atoms with Gasteiger partial charge in [-0.25, -0.2) is 0 Å². The maximum absolute atomic E-state index is 11.6. The van der Waals surface area contributed by atoms with Crippen molar-refractivity contribution in [3.63, 3.8) is 0 Å². The number of nitrogens with zero attached hydrogens (tertiary/aromatic N) is 1. The van der Waals surface area contributed by atoms with Gasteiger partial charge in [0, 0.05) is 24.3 Å². The number of nitrogens with one attached hydrogen (secondary N) is 1. The van der Waals surface area contributed by atoms with Gasteiger partial charge in [-0.05, 0) is 25.5 Å². The van der Waals surface area contributed by atoms with Gasteiger partial charge in [-0.3, -0.25) is 4.79 Å². The number of fused-ring (bicyclic) bond motifs is 1. The van der Waals surface area contributed by atoms with Crippen molar-refractivity contribution in [2.75, 3.05) is 0 Å². The Morgan fingerprint density at radius 1 is 1.38 bits per heavy atom. The van der Waals surface area contributed by atoms with Crippen molar-refractivity contribution < 1.29 is 0 Å². The van der Waals surface area contributed by atoms with Crippen LogP contribution in [-0.2, 0) is 7.05 Å². The quantitative estimate of drug-likeness (QED) is 0.648. The molecule has 0 spiro atoms. The molecule has 13 heavy (non-hydrogen) atoms. The molecule has 2 heterocycles. The summed E-state index contributed by atoms with van der Waals surface area (Å²) >= 11 is 0. The molecule has 0 saturated carbocycles. The summed E-state index contributed by atoms with van der Waals surface area (Å²) in [7, 11) is 1.88. The molecule has 0 unspecified atom stereocenters. The van der Waals surface area contributed by atoms with E-state index in [1.54, 1.807) is 0 Å². The van der Waals surface area contributed by atoms with Gasteiger partial charge in [-0.1, -0.05) is 0 Å². The molecular formula is C10H12N2O. The largest absolute Gasteiger partial charge is 0.346 e. The first-order chi connectivity index (χ1) is 6.11. The first-order valence-corrected chi connectivity index (χ1v) is 4.26. The lowest BCUT2D eigenvalue weighted by Crippen LogP contribution is -2.11. The summed E-state index contributed by atoms with van der Waals surface area (Å²) in [5.41, 5.74) is 2.84. The minimum absolute atomic E-state index is 0.00870. The van der Waals surface area contributed by atoms with Crippen LogP contribution in [0.3, 0.4) is 0 Å². The van der Waals surface area contributed by atoms with Gasteiger partial charge in [0.2, 0.25) is 0 Å². The summed E-state index contributed by atoms with van der Waals surface area (Å²) in [4.78, 5) is 14.4. The molecule has 0 aromatic carbocycles. The number of pyridine rings is 1. The number of aromatic amines is 1. The fourth-order valence-corrected chi connectivity index (χ4v) is 1.64. The summed E-state index contributed by atoms with van der Waals surface area (Å²) in [6.45, 7) is 3.94. The van der Waals surface area contributed by atoms with E-state index in [2.05, 4.69) is 4.98 Å². The normalized spacial score (nSPS) is 11.0. The highest BCUT2D eigenvalue weighted by Gasteiger charge is 2.07. The number of aryl methyl sites for hydroxylation is 3. The van der Waals surface area contributed by atoms with Crippen LogP contribution in [0, 0.1) is 13.8 Å². The van der Waals surface area contributed by atoms with Crippen molar-refractivity contribution in [2.45, 2.75) is 13.8 Å². The molecule has 2 aromatic heterocycles. The lowest BCUT2D eigenvalue weighted by atomic mass is 10.1. The lowest BCUT2D eigenvalue weighted by Gasteiger charge is -2.01. The molecule has 0 aliphatic heterocycles. The second-order valence-electron chi connectivity index (χ2n) is 3.39. The van der Waals surface area contributed by atoms with Crippen molar-refractivity contribution >= 4 is 10.9 Å². The van der Waals surface area contributed by atoms with Gasteiger partial charge in [-0.15, -0.1) is 0 Å². The predicted octanol–water partition coefficient (Wildman–Crippen LogP) is 1.48. The highest BCUT2D eigenvalue weighted by Crippen LogP contribution is 2.16. The Kier molecular flexibility index (Phi) is 1.55. The van der Waals surface area contributed by atoms with Crippen molar-refractivity contribution in [3.05, 3.63) is 33.9 Å². The van der Waals surface area contributed by atoms with Crippen LogP contribution in [-0.4, -0.2) is 9.55 Å². The predicted molar refractivity (Wildman–Crippen MR) is 53.0 cm³/mol. The smallest absolute Gasteiger partial charge is 0.272 e. The molecule has 3 nitrogen and oxygen atoms in total. The number of H-pyrrole nitrogens is 1. The van der Waals surface area contributed by atoms with E-state index < -0.39 is 0 Å². The summed E-state index contributed by atoms with van der Waals surface area (Å²) in [6, 6.07) is 1.98. The first kappa shape index (κ1) is 8.10. The Morgan fingerprint density at radius 3 is 2.77 bits per heavy atom. The van der Waals surface area contributed by atoms with Gasteiger partial charge in [0.05, 0.1) is 0 Å². The number of hydrogen-bond donors (Lipinski definition) is 1. The third-order valence-corrected chi connectivity index (χ3v) is 2.56. The van der Waals surface area contributed by atoms with Crippen LogP contribution >= 0.6 is 0 Å². The molecule has 0 aliphatic rings. The first-order valence-electron chi connectivity index (χ1n) is 4.26. The van der Waals surface area contributed by atoms with E-state index in [9.17, 15) is 4.79 Å². The average molecular weight is 176 g/mol. The Labute approximate surface area is 76.0 Å². The zero-order valence-electron chi connectivity index (χ0n) is 8.01. The minimum Gasteiger partial charge on any atom is -0.346 e. The van der Waals surface area contributed by atoms with Gasteiger partial charge in [-0.2, -0.15) is 0 Å². The number of hydrogen-bond acceptors (Lipinski definition) is 1. The monoisotopic (exact) mass is 176 g/mol. The van der Waals surface area contributed by atoms with Crippen LogP contribution in [0.2, 0.25) is 0 Å². The highest BCUT2D eigenvalue weighted by molar-refractivity contribution is 5.83. The zero-order valence-corrected chi connectivity index (χ0v) is 8.01.